The Morgan fingerprint density at radius 2 is 1.95 bits per heavy atom. The van der Waals surface area contributed by atoms with E-state index in [9.17, 15) is 4.79 Å². The zero-order chi connectivity index (χ0) is 15.5. The molecule has 2 rings (SSSR count). The molecule has 0 aliphatic rings. The molecule has 1 heterocycles. The Hall–Kier alpha value is -1.85. The van der Waals surface area contributed by atoms with Gasteiger partial charge in [0, 0.05) is 12.1 Å². The molecule has 0 saturated carbocycles. The van der Waals surface area contributed by atoms with E-state index in [0.29, 0.717) is 13.0 Å². The maximum Gasteiger partial charge on any atom is 0.244 e. The van der Waals surface area contributed by atoms with Crippen LogP contribution < -0.4 is 11.1 Å². The van der Waals surface area contributed by atoms with Crippen LogP contribution in [-0.2, 0) is 16.8 Å². The van der Waals surface area contributed by atoms with Gasteiger partial charge in [-0.15, -0.1) is 12.4 Å². The number of hydrogen-bond donors (Lipinski definition) is 2. The summed E-state index contributed by atoms with van der Waals surface area (Å²) in [6.07, 6.45) is 0.678. The van der Waals surface area contributed by atoms with Crippen LogP contribution in [-0.4, -0.2) is 17.6 Å². The summed E-state index contributed by atoms with van der Waals surface area (Å²) < 4.78 is 5.10. The second kappa shape index (κ2) is 7.42. The first-order valence-corrected chi connectivity index (χ1v) is 6.97. The van der Waals surface area contributed by atoms with Gasteiger partial charge in [-0.3, -0.25) is 4.79 Å². The number of carbonyl (C=O) groups is 1. The molecule has 0 aliphatic carbocycles. The summed E-state index contributed by atoms with van der Waals surface area (Å²) in [7, 11) is 0. The number of amides is 1. The average Bonchev–Trinajstić information content (AvgIpc) is 2.79. The minimum absolute atomic E-state index is 0. The molecule has 0 bridgehead atoms. The van der Waals surface area contributed by atoms with E-state index in [0.717, 1.165) is 22.6 Å². The first kappa shape index (κ1) is 18.2. The zero-order valence-corrected chi connectivity index (χ0v) is 13.9. The van der Waals surface area contributed by atoms with Gasteiger partial charge in [0.25, 0.3) is 0 Å². The van der Waals surface area contributed by atoms with Gasteiger partial charge in [-0.1, -0.05) is 35.5 Å². The van der Waals surface area contributed by atoms with Crippen molar-refractivity contribution >= 4 is 18.3 Å². The molecule has 1 aromatic carbocycles. The van der Waals surface area contributed by atoms with Crippen LogP contribution in [0, 0.1) is 13.8 Å². The molecular weight excluding hydrogens is 302 g/mol. The van der Waals surface area contributed by atoms with Crippen LogP contribution in [0.4, 0.5) is 0 Å². The van der Waals surface area contributed by atoms with Gasteiger partial charge in [0.05, 0.1) is 5.69 Å². The predicted molar refractivity (Wildman–Crippen MR) is 87.9 cm³/mol. The number of benzene rings is 1. The van der Waals surface area contributed by atoms with E-state index in [1.165, 1.54) is 0 Å². The Bertz CT molecular complexity index is 604. The van der Waals surface area contributed by atoms with Gasteiger partial charge in [-0.05, 0) is 32.8 Å². The third-order valence-corrected chi connectivity index (χ3v) is 3.69. The van der Waals surface area contributed by atoms with E-state index >= 15 is 0 Å². The van der Waals surface area contributed by atoms with Crippen LogP contribution in [0.15, 0.2) is 34.9 Å². The lowest BCUT2D eigenvalue weighted by atomic mass is 9.92. The number of hydrogen-bond acceptors (Lipinski definition) is 4. The summed E-state index contributed by atoms with van der Waals surface area (Å²) in [4.78, 5) is 12.3. The van der Waals surface area contributed by atoms with Gasteiger partial charge in [-0.25, -0.2) is 0 Å². The van der Waals surface area contributed by atoms with Crippen molar-refractivity contribution in [2.75, 3.05) is 6.54 Å². The van der Waals surface area contributed by atoms with Crippen LogP contribution in [0.2, 0.25) is 0 Å². The molecule has 5 nitrogen and oxygen atoms in total. The summed E-state index contributed by atoms with van der Waals surface area (Å²) in [5, 5.41) is 6.78. The Labute approximate surface area is 136 Å². The fourth-order valence-corrected chi connectivity index (χ4v) is 2.26. The third-order valence-electron chi connectivity index (χ3n) is 3.69. The summed E-state index contributed by atoms with van der Waals surface area (Å²) in [6, 6.07) is 9.35. The maximum absolute atomic E-state index is 12.3. The minimum Gasteiger partial charge on any atom is -0.361 e. The highest BCUT2D eigenvalue weighted by molar-refractivity contribution is 5.87. The second-order valence-electron chi connectivity index (χ2n) is 5.38. The Balaban J connectivity index is 0.00000242. The number of aromatic nitrogens is 1. The molecule has 0 radical (unpaired) electrons. The van der Waals surface area contributed by atoms with Crippen LogP contribution in [0.1, 0.15) is 29.5 Å². The van der Waals surface area contributed by atoms with Gasteiger partial charge >= 0.3 is 0 Å². The molecule has 3 N–H and O–H groups in total. The number of nitrogens with zero attached hydrogens (tertiary/aromatic N) is 1. The Morgan fingerprint density at radius 3 is 2.50 bits per heavy atom. The molecule has 0 spiro atoms. The lowest BCUT2D eigenvalue weighted by molar-refractivity contribution is -0.126. The van der Waals surface area contributed by atoms with E-state index in [2.05, 4.69) is 10.5 Å². The summed E-state index contributed by atoms with van der Waals surface area (Å²) in [6.45, 7) is 5.98. The van der Waals surface area contributed by atoms with Crippen molar-refractivity contribution in [1.82, 2.24) is 10.5 Å². The van der Waals surface area contributed by atoms with Crippen LogP contribution in [0.3, 0.4) is 0 Å². The quantitative estimate of drug-likeness (QED) is 0.884. The van der Waals surface area contributed by atoms with Crippen molar-refractivity contribution in [2.45, 2.75) is 32.7 Å². The molecule has 2 aromatic rings. The molecule has 1 atom stereocenters. The lowest BCUT2D eigenvalue weighted by Crippen LogP contribution is -2.49. The SMILES string of the molecule is Cc1noc(C)c1CCNC(=O)C(C)(N)c1ccccc1.Cl. The lowest BCUT2D eigenvalue weighted by Gasteiger charge is -2.24. The molecule has 22 heavy (non-hydrogen) atoms. The topological polar surface area (TPSA) is 81.2 Å². The fourth-order valence-electron chi connectivity index (χ4n) is 2.26. The summed E-state index contributed by atoms with van der Waals surface area (Å²) >= 11 is 0. The highest BCUT2D eigenvalue weighted by atomic mass is 35.5. The molecule has 1 amide bonds. The molecular formula is C16H22ClN3O2. The standard InChI is InChI=1S/C16H21N3O2.ClH/c1-11-14(12(2)21-19-11)9-10-18-15(20)16(3,17)13-7-5-4-6-8-13;/h4-8H,9-10,17H2,1-3H3,(H,18,20);1H. The average molecular weight is 324 g/mol. The third kappa shape index (κ3) is 3.87. The van der Waals surface area contributed by atoms with Crippen molar-refractivity contribution in [3.8, 4) is 0 Å². The van der Waals surface area contributed by atoms with Gasteiger partial charge in [0.1, 0.15) is 11.3 Å². The van der Waals surface area contributed by atoms with E-state index in [-0.39, 0.29) is 18.3 Å². The van der Waals surface area contributed by atoms with Crippen molar-refractivity contribution < 1.29 is 9.32 Å². The first-order valence-electron chi connectivity index (χ1n) is 6.97. The molecule has 1 aromatic heterocycles. The summed E-state index contributed by atoms with van der Waals surface area (Å²) in [5.41, 5.74) is 7.81. The van der Waals surface area contributed by atoms with E-state index in [1.807, 2.05) is 44.2 Å². The predicted octanol–water partition coefficient (Wildman–Crippen LogP) is 2.25. The van der Waals surface area contributed by atoms with Gasteiger partial charge in [0.2, 0.25) is 5.91 Å². The Morgan fingerprint density at radius 1 is 1.32 bits per heavy atom. The number of carbonyl (C=O) groups excluding carboxylic acids is 1. The molecule has 0 fully saturated rings. The van der Waals surface area contributed by atoms with Crippen molar-refractivity contribution in [3.05, 3.63) is 52.9 Å². The number of halogens is 1. The fraction of sp³-hybridized carbons (Fsp3) is 0.375. The number of nitrogens with two attached hydrogens (primary N) is 1. The van der Waals surface area contributed by atoms with Gasteiger partial charge in [0.15, 0.2) is 0 Å². The van der Waals surface area contributed by atoms with Crippen molar-refractivity contribution in [2.24, 2.45) is 5.73 Å². The highest BCUT2D eigenvalue weighted by Gasteiger charge is 2.29. The smallest absolute Gasteiger partial charge is 0.244 e. The molecule has 0 aliphatic heterocycles. The number of aryl methyl sites for hydroxylation is 2. The second-order valence-corrected chi connectivity index (χ2v) is 5.38. The van der Waals surface area contributed by atoms with Crippen LogP contribution >= 0.6 is 12.4 Å². The van der Waals surface area contributed by atoms with E-state index in [1.54, 1.807) is 6.92 Å². The monoisotopic (exact) mass is 323 g/mol. The van der Waals surface area contributed by atoms with Crippen molar-refractivity contribution in [3.63, 3.8) is 0 Å². The number of nitrogens with one attached hydrogen (secondary N) is 1. The molecule has 120 valence electrons. The van der Waals surface area contributed by atoms with E-state index in [4.69, 9.17) is 10.3 Å². The van der Waals surface area contributed by atoms with Gasteiger partial charge < -0.3 is 15.6 Å². The van der Waals surface area contributed by atoms with Crippen LogP contribution in [0.25, 0.3) is 0 Å². The largest absolute Gasteiger partial charge is 0.361 e. The van der Waals surface area contributed by atoms with Crippen LogP contribution in [0.5, 0.6) is 0 Å². The molecule has 6 heteroatoms. The van der Waals surface area contributed by atoms with Gasteiger partial charge in [-0.2, -0.15) is 0 Å². The number of rotatable bonds is 5. The zero-order valence-electron chi connectivity index (χ0n) is 13.1. The summed E-state index contributed by atoms with van der Waals surface area (Å²) in [5.74, 6) is 0.598. The molecule has 0 saturated heterocycles. The van der Waals surface area contributed by atoms with Crippen molar-refractivity contribution in [1.29, 1.82) is 0 Å². The Kier molecular flexibility index (Phi) is 6.14. The van der Waals surface area contributed by atoms with E-state index < -0.39 is 5.54 Å². The normalized spacial score (nSPS) is 13.1. The minimum atomic E-state index is -1.04. The highest BCUT2D eigenvalue weighted by Crippen LogP contribution is 2.17. The molecule has 1 unspecified atom stereocenters. The maximum atomic E-state index is 12.3. The first-order chi connectivity index (χ1) is 9.93.